The van der Waals surface area contributed by atoms with Gasteiger partial charge in [0.05, 0.1) is 0 Å². The minimum atomic E-state index is 0.123. The van der Waals surface area contributed by atoms with Crippen LogP contribution in [0.15, 0.2) is 58.3 Å². The van der Waals surface area contributed by atoms with E-state index in [1.807, 2.05) is 12.1 Å². The molecule has 0 aliphatic rings. The Balaban J connectivity index is 2.13. The van der Waals surface area contributed by atoms with E-state index in [1.165, 1.54) is 15.4 Å². The normalized spacial score (nSPS) is 11.6. The maximum Gasteiger partial charge on any atom is 0.0406 e. The molecular formula is C17H20ClNS. The molecule has 0 aliphatic carbocycles. The van der Waals surface area contributed by atoms with Gasteiger partial charge in [0, 0.05) is 26.9 Å². The topological polar surface area (TPSA) is 12.0 Å². The summed E-state index contributed by atoms with van der Waals surface area (Å²) in [7, 11) is 0. The van der Waals surface area contributed by atoms with Crippen LogP contribution in [-0.4, -0.2) is 5.54 Å². The summed E-state index contributed by atoms with van der Waals surface area (Å²) in [6, 6.07) is 16.5. The average Bonchev–Trinajstić information content (AvgIpc) is 2.39. The average molecular weight is 306 g/mol. The smallest absolute Gasteiger partial charge is 0.0406 e. The van der Waals surface area contributed by atoms with E-state index in [4.69, 9.17) is 11.6 Å². The summed E-state index contributed by atoms with van der Waals surface area (Å²) in [5, 5.41) is 4.31. The van der Waals surface area contributed by atoms with Crippen molar-refractivity contribution in [2.45, 2.75) is 42.6 Å². The Morgan fingerprint density at radius 1 is 1.00 bits per heavy atom. The molecule has 3 heteroatoms. The van der Waals surface area contributed by atoms with Gasteiger partial charge in [-0.1, -0.05) is 41.6 Å². The molecule has 0 unspecified atom stereocenters. The van der Waals surface area contributed by atoms with Gasteiger partial charge in [0.25, 0.3) is 0 Å². The Labute approximate surface area is 130 Å². The predicted octanol–water partition coefficient (Wildman–Crippen LogP) is 5.38. The van der Waals surface area contributed by atoms with Gasteiger partial charge in [-0.15, -0.1) is 0 Å². The Kier molecular flexibility index (Phi) is 5.14. The second-order valence-corrected chi connectivity index (χ2v) is 7.32. The van der Waals surface area contributed by atoms with Crippen LogP contribution in [0.25, 0.3) is 0 Å². The third-order valence-electron chi connectivity index (χ3n) is 2.82. The van der Waals surface area contributed by atoms with E-state index >= 15 is 0 Å². The third-order valence-corrected chi connectivity index (χ3v) is 4.20. The van der Waals surface area contributed by atoms with Crippen molar-refractivity contribution in [3.05, 3.63) is 59.1 Å². The molecule has 0 saturated carbocycles. The molecule has 2 aromatic rings. The Hall–Kier alpha value is -0.960. The number of nitrogens with one attached hydrogen (secondary N) is 1. The molecule has 0 spiro atoms. The first-order chi connectivity index (χ1) is 9.44. The van der Waals surface area contributed by atoms with Crippen molar-refractivity contribution < 1.29 is 0 Å². The molecule has 0 fully saturated rings. The van der Waals surface area contributed by atoms with Crippen molar-refractivity contribution in [2.24, 2.45) is 0 Å². The van der Waals surface area contributed by atoms with Crippen LogP contribution in [0.2, 0.25) is 5.02 Å². The van der Waals surface area contributed by atoms with Gasteiger partial charge in [-0.3, -0.25) is 0 Å². The first-order valence-electron chi connectivity index (χ1n) is 6.70. The van der Waals surface area contributed by atoms with E-state index in [0.717, 1.165) is 11.6 Å². The molecule has 0 saturated heterocycles. The van der Waals surface area contributed by atoms with Gasteiger partial charge in [0.15, 0.2) is 0 Å². The van der Waals surface area contributed by atoms with E-state index in [0.29, 0.717) is 0 Å². The third kappa shape index (κ3) is 4.86. The fraction of sp³-hybridized carbons (Fsp3) is 0.294. The van der Waals surface area contributed by atoms with Crippen molar-refractivity contribution in [3.8, 4) is 0 Å². The largest absolute Gasteiger partial charge is 0.308 e. The highest BCUT2D eigenvalue weighted by atomic mass is 35.5. The van der Waals surface area contributed by atoms with E-state index in [9.17, 15) is 0 Å². The summed E-state index contributed by atoms with van der Waals surface area (Å²) >= 11 is 7.70. The first-order valence-corrected chi connectivity index (χ1v) is 7.90. The fourth-order valence-electron chi connectivity index (χ4n) is 1.74. The van der Waals surface area contributed by atoms with Crippen molar-refractivity contribution in [1.82, 2.24) is 5.32 Å². The number of hydrogen-bond acceptors (Lipinski definition) is 2. The highest BCUT2D eigenvalue weighted by Gasteiger charge is 2.10. The molecule has 2 aromatic carbocycles. The standard InChI is InChI=1S/C17H20ClNS/c1-17(2,3)19-12-13-6-4-5-7-16(13)20-15-10-8-14(18)9-11-15/h4-11,19H,12H2,1-3H3. The Morgan fingerprint density at radius 2 is 1.65 bits per heavy atom. The van der Waals surface area contributed by atoms with E-state index in [-0.39, 0.29) is 5.54 Å². The van der Waals surface area contributed by atoms with Crippen molar-refractivity contribution in [1.29, 1.82) is 0 Å². The summed E-state index contributed by atoms with van der Waals surface area (Å²) in [5.74, 6) is 0. The fourth-order valence-corrected chi connectivity index (χ4v) is 2.81. The van der Waals surface area contributed by atoms with Gasteiger partial charge in [-0.05, 0) is 56.7 Å². The van der Waals surface area contributed by atoms with Crippen molar-refractivity contribution in [3.63, 3.8) is 0 Å². The zero-order valence-electron chi connectivity index (χ0n) is 12.1. The molecule has 0 atom stereocenters. The minimum Gasteiger partial charge on any atom is -0.308 e. The zero-order chi connectivity index (χ0) is 14.6. The number of halogens is 1. The number of hydrogen-bond donors (Lipinski definition) is 1. The zero-order valence-corrected chi connectivity index (χ0v) is 13.7. The summed E-state index contributed by atoms with van der Waals surface area (Å²) < 4.78 is 0. The quantitative estimate of drug-likeness (QED) is 0.814. The Morgan fingerprint density at radius 3 is 2.30 bits per heavy atom. The maximum atomic E-state index is 5.93. The predicted molar refractivity (Wildman–Crippen MR) is 88.6 cm³/mol. The number of rotatable bonds is 4. The van der Waals surface area contributed by atoms with Crippen LogP contribution in [0, 0.1) is 0 Å². The molecule has 0 radical (unpaired) electrons. The molecule has 0 bridgehead atoms. The summed E-state index contributed by atoms with van der Waals surface area (Å²) in [4.78, 5) is 2.49. The minimum absolute atomic E-state index is 0.123. The van der Waals surface area contributed by atoms with Crippen molar-refractivity contribution >= 4 is 23.4 Å². The van der Waals surface area contributed by atoms with Crippen LogP contribution in [0.3, 0.4) is 0 Å². The maximum absolute atomic E-state index is 5.93. The molecule has 106 valence electrons. The van der Waals surface area contributed by atoms with E-state index in [2.05, 4.69) is 62.5 Å². The molecule has 1 nitrogen and oxygen atoms in total. The van der Waals surface area contributed by atoms with Gasteiger partial charge in [0.1, 0.15) is 0 Å². The molecule has 0 aliphatic heterocycles. The van der Waals surface area contributed by atoms with Gasteiger partial charge < -0.3 is 5.32 Å². The van der Waals surface area contributed by atoms with Crippen LogP contribution in [0.5, 0.6) is 0 Å². The van der Waals surface area contributed by atoms with Gasteiger partial charge in [-0.2, -0.15) is 0 Å². The molecule has 0 heterocycles. The van der Waals surface area contributed by atoms with Crippen LogP contribution in [0.4, 0.5) is 0 Å². The van der Waals surface area contributed by atoms with Gasteiger partial charge in [0.2, 0.25) is 0 Å². The Bertz CT molecular complexity index is 558. The lowest BCUT2D eigenvalue weighted by Crippen LogP contribution is -2.35. The second-order valence-electron chi connectivity index (χ2n) is 5.77. The van der Waals surface area contributed by atoms with Gasteiger partial charge in [-0.25, -0.2) is 0 Å². The molecule has 0 amide bonds. The van der Waals surface area contributed by atoms with Gasteiger partial charge >= 0.3 is 0 Å². The lowest BCUT2D eigenvalue weighted by molar-refractivity contribution is 0.422. The van der Waals surface area contributed by atoms with Crippen LogP contribution in [0.1, 0.15) is 26.3 Å². The van der Waals surface area contributed by atoms with Crippen LogP contribution in [-0.2, 0) is 6.54 Å². The van der Waals surface area contributed by atoms with Crippen molar-refractivity contribution in [2.75, 3.05) is 0 Å². The lowest BCUT2D eigenvalue weighted by Gasteiger charge is -2.21. The monoisotopic (exact) mass is 305 g/mol. The molecular weight excluding hydrogens is 286 g/mol. The summed E-state index contributed by atoms with van der Waals surface area (Å²) in [6.07, 6.45) is 0. The summed E-state index contributed by atoms with van der Waals surface area (Å²) in [6.45, 7) is 7.42. The highest BCUT2D eigenvalue weighted by molar-refractivity contribution is 7.99. The van der Waals surface area contributed by atoms with E-state index < -0.39 is 0 Å². The SMILES string of the molecule is CC(C)(C)NCc1ccccc1Sc1ccc(Cl)cc1. The van der Waals surface area contributed by atoms with E-state index in [1.54, 1.807) is 11.8 Å². The van der Waals surface area contributed by atoms with Crippen LogP contribution >= 0.6 is 23.4 Å². The highest BCUT2D eigenvalue weighted by Crippen LogP contribution is 2.31. The first kappa shape index (κ1) is 15.4. The second kappa shape index (κ2) is 6.66. The summed E-state index contributed by atoms with van der Waals surface area (Å²) in [5.41, 5.74) is 1.44. The molecule has 20 heavy (non-hydrogen) atoms. The molecule has 2 rings (SSSR count). The molecule has 0 aromatic heterocycles. The lowest BCUT2D eigenvalue weighted by atomic mass is 10.1. The van der Waals surface area contributed by atoms with Crippen LogP contribution < -0.4 is 5.32 Å². The number of benzene rings is 2. The molecule has 1 N–H and O–H groups in total.